The number of nitrogens with zero attached hydrogens (tertiary/aromatic N) is 3. The minimum atomic E-state index is -0.365. The SMILES string of the molecule is Cl.O=C(c1ccc(N2CCCC2)c([N+](=O)[O-])c1)N1CCC2CCC(C1)N2. The normalized spacial score (nSPS) is 24.9. The summed E-state index contributed by atoms with van der Waals surface area (Å²) in [4.78, 5) is 28.0. The maximum Gasteiger partial charge on any atom is 0.293 e. The van der Waals surface area contributed by atoms with E-state index in [0.29, 0.717) is 36.4 Å². The van der Waals surface area contributed by atoms with Gasteiger partial charge in [0, 0.05) is 49.9 Å². The first-order chi connectivity index (χ1) is 12.1. The zero-order chi connectivity index (χ0) is 17.4. The number of rotatable bonds is 3. The summed E-state index contributed by atoms with van der Waals surface area (Å²) in [7, 11) is 0. The first kappa shape index (κ1) is 18.9. The molecule has 3 saturated heterocycles. The maximum atomic E-state index is 12.9. The number of likely N-dealkylation sites (tertiary alicyclic amines) is 1. The Morgan fingerprint density at radius 1 is 1.12 bits per heavy atom. The lowest BCUT2D eigenvalue weighted by atomic mass is 10.1. The van der Waals surface area contributed by atoms with Gasteiger partial charge >= 0.3 is 0 Å². The van der Waals surface area contributed by atoms with Crippen molar-refractivity contribution in [3.8, 4) is 0 Å². The van der Waals surface area contributed by atoms with Crippen molar-refractivity contribution in [2.75, 3.05) is 31.1 Å². The average Bonchev–Trinajstić information content (AvgIpc) is 3.23. The van der Waals surface area contributed by atoms with Gasteiger partial charge in [0.25, 0.3) is 11.6 Å². The molecule has 3 fully saturated rings. The van der Waals surface area contributed by atoms with Gasteiger partial charge in [-0.25, -0.2) is 0 Å². The second-order valence-corrected chi connectivity index (χ2v) is 7.33. The molecule has 1 amide bonds. The molecule has 0 aromatic heterocycles. The van der Waals surface area contributed by atoms with Crippen LogP contribution in [0.5, 0.6) is 0 Å². The minimum absolute atomic E-state index is 0. The van der Waals surface area contributed by atoms with E-state index in [1.807, 2.05) is 9.80 Å². The number of hydrogen-bond acceptors (Lipinski definition) is 5. The molecule has 0 spiro atoms. The van der Waals surface area contributed by atoms with Crippen LogP contribution in [0, 0.1) is 10.1 Å². The molecule has 0 radical (unpaired) electrons. The second-order valence-electron chi connectivity index (χ2n) is 7.33. The molecular formula is C18H25ClN4O3. The summed E-state index contributed by atoms with van der Waals surface area (Å²) >= 11 is 0. The number of halogens is 1. The fraction of sp³-hybridized carbons (Fsp3) is 0.611. The van der Waals surface area contributed by atoms with Crippen molar-refractivity contribution in [2.45, 2.75) is 44.2 Å². The molecule has 1 N–H and O–H groups in total. The van der Waals surface area contributed by atoms with Crippen LogP contribution < -0.4 is 10.2 Å². The van der Waals surface area contributed by atoms with E-state index in [1.54, 1.807) is 12.1 Å². The molecule has 2 bridgehead atoms. The molecule has 3 aliphatic rings. The van der Waals surface area contributed by atoms with Gasteiger partial charge in [-0.1, -0.05) is 0 Å². The van der Waals surface area contributed by atoms with E-state index in [4.69, 9.17) is 0 Å². The van der Waals surface area contributed by atoms with Gasteiger partial charge in [-0.3, -0.25) is 14.9 Å². The smallest absolute Gasteiger partial charge is 0.293 e. The number of nitro benzene ring substituents is 1. The van der Waals surface area contributed by atoms with Gasteiger partial charge in [0.1, 0.15) is 5.69 Å². The van der Waals surface area contributed by atoms with Crippen molar-refractivity contribution in [1.29, 1.82) is 0 Å². The van der Waals surface area contributed by atoms with Crippen LogP contribution in [0.15, 0.2) is 18.2 Å². The van der Waals surface area contributed by atoms with Crippen molar-refractivity contribution < 1.29 is 9.72 Å². The number of nitrogens with one attached hydrogen (secondary N) is 1. The zero-order valence-electron chi connectivity index (χ0n) is 14.7. The summed E-state index contributed by atoms with van der Waals surface area (Å²) in [6.45, 7) is 3.09. The topological polar surface area (TPSA) is 78.7 Å². The molecule has 3 aliphatic heterocycles. The lowest BCUT2D eigenvalue weighted by Gasteiger charge is -2.25. The Bertz CT molecular complexity index is 693. The quantitative estimate of drug-likeness (QED) is 0.644. The maximum absolute atomic E-state index is 12.9. The van der Waals surface area contributed by atoms with Crippen molar-refractivity contribution in [2.24, 2.45) is 0 Å². The van der Waals surface area contributed by atoms with Gasteiger partial charge in [-0.2, -0.15) is 0 Å². The molecule has 4 rings (SSSR count). The predicted octanol–water partition coefficient (Wildman–Crippen LogP) is 2.58. The van der Waals surface area contributed by atoms with Gasteiger partial charge in [0.05, 0.1) is 4.92 Å². The highest BCUT2D eigenvalue weighted by molar-refractivity contribution is 5.96. The summed E-state index contributed by atoms with van der Waals surface area (Å²) in [5, 5.41) is 15.1. The highest BCUT2D eigenvalue weighted by atomic mass is 35.5. The Labute approximate surface area is 159 Å². The molecule has 0 aliphatic carbocycles. The Morgan fingerprint density at radius 2 is 1.85 bits per heavy atom. The van der Waals surface area contributed by atoms with Crippen LogP contribution >= 0.6 is 12.4 Å². The van der Waals surface area contributed by atoms with Crippen LogP contribution in [0.3, 0.4) is 0 Å². The van der Waals surface area contributed by atoms with Gasteiger partial charge < -0.3 is 15.1 Å². The van der Waals surface area contributed by atoms with Crippen LogP contribution in [-0.4, -0.2) is 54.0 Å². The van der Waals surface area contributed by atoms with E-state index in [0.717, 1.165) is 38.8 Å². The number of carbonyl (C=O) groups excluding carboxylic acids is 1. The zero-order valence-corrected chi connectivity index (χ0v) is 15.5. The molecule has 3 heterocycles. The fourth-order valence-corrected chi connectivity index (χ4v) is 4.34. The highest BCUT2D eigenvalue weighted by Crippen LogP contribution is 2.32. The summed E-state index contributed by atoms with van der Waals surface area (Å²) in [6.07, 6.45) is 5.35. The standard InChI is InChI=1S/C18H24N4O3.ClH/c23-18(21-10-7-14-4-5-15(12-21)19-14)13-3-6-16(17(11-13)22(24)25)20-8-1-2-9-20;/h3,6,11,14-15,19H,1-2,4-5,7-10,12H2;1H. The third-order valence-electron chi connectivity index (χ3n) is 5.68. The lowest BCUT2D eigenvalue weighted by Crippen LogP contribution is -2.39. The van der Waals surface area contributed by atoms with Crippen molar-refractivity contribution >= 4 is 29.7 Å². The molecule has 0 saturated carbocycles. The predicted molar refractivity (Wildman–Crippen MR) is 102 cm³/mol. The number of hydrogen-bond donors (Lipinski definition) is 1. The Balaban J connectivity index is 0.00000196. The van der Waals surface area contributed by atoms with Crippen LogP contribution in [-0.2, 0) is 0 Å². The Morgan fingerprint density at radius 3 is 2.58 bits per heavy atom. The van der Waals surface area contributed by atoms with Crippen molar-refractivity contribution in [1.82, 2.24) is 10.2 Å². The first-order valence-electron chi connectivity index (χ1n) is 9.20. The summed E-state index contributed by atoms with van der Waals surface area (Å²) in [5.41, 5.74) is 1.10. The Kier molecular flexibility index (Phi) is 5.67. The van der Waals surface area contributed by atoms with E-state index in [-0.39, 0.29) is 28.9 Å². The summed E-state index contributed by atoms with van der Waals surface area (Å²) in [6, 6.07) is 5.83. The monoisotopic (exact) mass is 380 g/mol. The molecule has 26 heavy (non-hydrogen) atoms. The number of amides is 1. The molecule has 142 valence electrons. The van der Waals surface area contributed by atoms with Crippen LogP contribution in [0.25, 0.3) is 0 Å². The largest absolute Gasteiger partial charge is 0.366 e. The summed E-state index contributed by atoms with van der Waals surface area (Å²) in [5.74, 6) is -0.0922. The van der Waals surface area contributed by atoms with E-state index in [9.17, 15) is 14.9 Å². The van der Waals surface area contributed by atoms with Gasteiger partial charge in [0.2, 0.25) is 0 Å². The molecule has 2 atom stereocenters. The molecule has 1 aromatic rings. The number of benzene rings is 1. The van der Waals surface area contributed by atoms with Crippen LogP contribution in [0.4, 0.5) is 11.4 Å². The third kappa shape index (κ3) is 3.64. The number of nitro groups is 1. The molecular weight excluding hydrogens is 356 g/mol. The van der Waals surface area contributed by atoms with E-state index in [2.05, 4.69) is 5.32 Å². The lowest BCUT2D eigenvalue weighted by molar-refractivity contribution is -0.384. The highest BCUT2D eigenvalue weighted by Gasteiger charge is 2.32. The molecule has 8 heteroatoms. The first-order valence-corrected chi connectivity index (χ1v) is 9.20. The summed E-state index contributed by atoms with van der Waals surface area (Å²) < 4.78 is 0. The van der Waals surface area contributed by atoms with Gasteiger partial charge in [-0.05, 0) is 44.2 Å². The third-order valence-corrected chi connectivity index (χ3v) is 5.68. The van der Waals surface area contributed by atoms with E-state index >= 15 is 0 Å². The van der Waals surface area contributed by atoms with Crippen molar-refractivity contribution in [3.05, 3.63) is 33.9 Å². The second kappa shape index (κ2) is 7.80. The van der Waals surface area contributed by atoms with Gasteiger partial charge in [0.15, 0.2) is 0 Å². The number of carbonyl (C=O) groups is 1. The fourth-order valence-electron chi connectivity index (χ4n) is 4.34. The van der Waals surface area contributed by atoms with Crippen LogP contribution in [0.1, 0.15) is 42.5 Å². The number of fused-ring (bicyclic) bond motifs is 2. The molecule has 2 unspecified atom stereocenters. The number of anilines is 1. The molecule has 1 aromatic carbocycles. The Hall–Kier alpha value is -1.86. The van der Waals surface area contributed by atoms with Gasteiger partial charge in [-0.15, -0.1) is 12.4 Å². The van der Waals surface area contributed by atoms with E-state index in [1.165, 1.54) is 12.5 Å². The minimum Gasteiger partial charge on any atom is -0.366 e. The van der Waals surface area contributed by atoms with E-state index < -0.39 is 0 Å². The average molecular weight is 381 g/mol. The van der Waals surface area contributed by atoms with Crippen molar-refractivity contribution in [3.63, 3.8) is 0 Å². The van der Waals surface area contributed by atoms with Crippen LogP contribution in [0.2, 0.25) is 0 Å². The molecule has 7 nitrogen and oxygen atoms in total.